The van der Waals surface area contributed by atoms with Crippen LogP contribution in [0.5, 0.6) is 0 Å². The van der Waals surface area contributed by atoms with Crippen LogP contribution in [0.1, 0.15) is 23.5 Å². The molecule has 1 aromatic rings. The molecule has 1 aromatic carbocycles. The van der Waals surface area contributed by atoms with E-state index in [1.807, 2.05) is 0 Å². The minimum absolute atomic E-state index is 0.795. The van der Waals surface area contributed by atoms with Crippen LogP contribution >= 0.6 is 0 Å². The molecule has 1 heteroatoms. The normalized spacial score (nSPS) is 35.0. The molecule has 2 N–H and O–H groups in total. The molecule has 0 aromatic heterocycles. The van der Waals surface area contributed by atoms with Crippen molar-refractivity contribution in [3.63, 3.8) is 0 Å². The Morgan fingerprint density at radius 2 is 2.15 bits per heavy atom. The molecule has 68 valence electrons. The summed E-state index contributed by atoms with van der Waals surface area (Å²) in [5.41, 5.74) is 8.91. The maximum atomic E-state index is 5.75. The first-order chi connectivity index (χ1) is 6.42. The molecule has 3 rings (SSSR count). The molecule has 0 saturated heterocycles. The largest absolute Gasteiger partial charge is 0.330 e. The smallest absolute Gasteiger partial charge is 0.00400 e. The third kappa shape index (κ3) is 0.969. The van der Waals surface area contributed by atoms with Crippen molar-refractivity contribution < 1.29 is 0 Å². The number of fused-ring (bicyclic) bond motifs is 3. The van der Waals surface area contributed by atoms with Crippen LogP contribution in [-0.2, 0) is 6.42 Å². The Labute approximate surface area is 78.9 Å². The van der Waals surface area contributed by atoms with Crippen LogP contribution in [0.25, 0.3) is 0 Å². The van der Waals surface area contributed by atoms with E-state index in [1.54, 1.807) is 11.1 Å². The minimum Gasteiger partial charge on any atom is -0.330 e. The first kappa shape index (κ1) is 7.57. The summed E-state index contributed by atoms with van der Waals surface area (Å²) in [7, 11) is 0. The molecule has 0 amide bonds. The first-order valence-electron chi connectivity index (χ1n) is 5.19. The number of benzene rings is 1. The van der Waals surface area contributed by atoms with Crippen molar-refractivity contribution in [3.8, 4) is 0 Å². The highest BCUT2D eigenvalue weighted by atomic mass is 14.7. The summed E-state index contributed by atoms with van der Waals surface area (Å²) in [5, 5.41) is 0. The predicted octanol–water partition coefficient (Wildman–Crippen LogP) is 1.92. The SMILES string of the molecule is NC[C@@H]1[C@@H]2CCc3ccccc3[C@H]12. The minimum atomic E-state index is 0.795. The van der Waals surface area contributed by atoms with Crippen molar-refractivity contribution in [2.45, 2.75) is 18.8 Å². The Balaban J connectivity index is 2.00. The van der Waals surface area contributed by atoms with Gasteiger partial charge in [-0.1, -0.05) is 24.3 Å². The molecule has 0 aliphatic heterocycles. The predicted molar refractivity (Wildman–Crippen MR) is 53.5 cm³/mol. The second kappa shape index (κ2) is 2.58. The molecule has 2 aliphatic rings. The molecule has 1 nitrogen and oxygen atoms in total. The molecule has 3 atom stereocenters. The Kier molecular flexibility index (Phi) is 1.50. The number of hydrogen-bond donors (Lipinski definition) is 1. The molecule has 2 aliphatic carbocycles. The highest BCUT2D eigenvalue weighted by Gasteiger charge is 2.51. The summed E-state index contributed by atoms with van der Waals surface area (Å²) >= 11 is 0. The van der Waals surface area contributed by atoms with Crippen LogP contribution in [-0.4, -0.2) is 6.54 Å². The van der Waals surface area contributed by atoms with Crippen molar-refractivity contribution in [2.24, 2.45) is 17.6 Å². The maximum absolute atomic E-state index is 5.75. The molecule has 0 heterocycles. The van der Waals surface area contributed by atoms with E-state index < -0.39 is 0 Å². The highest BCUT2D eigenvalue weighted by Crippen LogP contribution is 2.59. The van der Waals surface area contributed by atoms with Crippen LogP contribution in [0.4, 0.5) is 0 Å². The first-order valence-corrected chi connectivity index (χ1v) is 5.19. The summed E-state index contributed by atoms with van der Waals surface area (Å²) in [6.07, 6.45) is 2.64. The second-order valence-corrected chi connectivity index (χ2v) is 4.33. The van der Waals surface area contributed by atoms with E-state index in [0.717, 1.165) is 24.3 Å². The summed E-state index contributed by atoms with van der Waals surface area (Å²) in [6.45, 7) is 0.879. The molecule has 13 heavy (non-hydrogen) atoms. The lowest BCUT2D eigenvalue weighted by Crippen LogP contribution is -2.02. The van der Waals surface area contributed by atoms with Crippen molar-refractivity contribution in [2.75, 3.05) is 6.54 Å². The van der Waals surface area contributed by atoms with E-state index >= 15 is 0 Å². The van der Waals surface area contributed by atoms with Crippen molar-refractivity contribution in [1.82, 2.24) is 0 Å². The van der Waals surface area contributed by atoms with Gasteiger partial charge in [0.25, 0.3) is 0 Å². The van der Waals surface area contributed by atoms with Crippen LogP contribution in [0, 0.1) is 11.8 Å². The highest BCUT2D eigenvalue weighted by molar-refractivity contribution is 5.39. The lowest BCUT2D eigenvalue weighted by molar-refractivity contribution is 0.634. The van der Waals surface area contributed by atoms with Crippen LogP contribution in [0.3, 0.4) is 0 Å². The van der Waals surface area contributed by atoms with Gasteiger partial charge in [0.1, 0.15) is 0 Å². The molecule has 1 saturated carbocycles. The molecular weight excluding hydrogens is 158 g/mol. The van der Waals surface area contributed by atoms with E-state index in [0.29, 0.717) is 0 Å². The fourth-order valence-corrected chi connectivity index (χ4v) is 3.03. The van der Waals surface area contributed by atoms with Gasteiger partial charge in [-0.25, -0.2) is 0 Å². The molecule has 0 spiro atoms. The number of rotatable bonds is 1. The lowest BCUT2D eigenvalue weighted by Gasteiger charge is -2.13. The average Bonchev–Trinajstić information content (AvgIpc) is 2.91. The van der Waals surface area contributed by atoms with Gasteiger partial charge in [0.2, 0.25) is 0 Å². The molecular formula is C12H15N. The van der Waals surface area contributed by atoms with Crippen molar-refractivity contribution in [1.29, 1.82) is 0 Å². The van der Waals surface area contributed by atoms with E-state index in [2.05, 4.69) is 24.3 Å². The van der Waals surface area contributed by atoms with E-state index in [4.69, 9.17) is 5.73 Å². The number of nitrogens with two attached hydrogens (primary N) is 1. The van der Waals surface area contributed by atoms with Gasteiger partial charge in [0.15, 0.2) is 0 Å². The van der Waals surface area contributed by atoms with Gasteiger partial charge < -0.3 is 5.73 Å². The third-order valence-corrected chi connectivity index (χ3v) is 3.76. The Bertz CT molecular complexity index is 328. The van der Waals surface area contributed by atoms with Gasteiger partial charge >= 0.3 is 0 Å². The van der Waals surface area contributed by atoms with Crippen LogP contribution in [0.2, 0.25) is 0 Å². The van der Waals surface area contributed by atoms with Crippen LogP contribution in [0.15, 0.2) is 24.3 Å². The molecule has 0 unspecified atom stereocenters. The number of aryl methyl sites for hydroxylation is 1. The molecule has 1 fully saturated rings. The Morgan fingerprint density at radius 1 is 1.31 bits per heavy atom. The van der Waals surface area contributed by atoms with Gasteiger partial charge in [0.05, 0.1) is 0 Å². The zero-order valence-corrected chi connectivity index (χ0v) is 7.74. The quantitative estimate of drug-likeness (QED) is 0.690. The zero-order valence-electron chi connectivity index (χ0n) is 7.74. The number of hydrogen-bond acceptors (Lipinski definition) is 1. The lowest BCUT2D eigenvalue weighted by atomic mass is 9.92. The van der Waals surface area contributed by atoms with E-state index in [-0.39, 0.29) is 0 Å². The van der Waals surface area contributed by atoms with E-state index in [9.17, 15) is 0 Å². The van der Waals surface area contributed by atoms with Crippen molar-refractivity contribution >= 4 is 0 Å². The molecule has 0 radical (unpaired) electrons. The molecule has 0 bridgehead atoms. The van der Waals surface area contributed by atoms with E-state index in [1.165, 1.54) is 12.8 Å². The zero-order chi connectivity index (χ0) is 8.84. The fourth-order valence-electron chi connectivity index (χ4n) is 3.03. The van der Waals surface area contributed by atoms with Gasteiger partial charge in [-0.05, 0) is 48.3 Å². The Morgan fingerprint density at radius 3 is 3.00 bits per heavy atom. The van der Waals surface area contributed by atoms with Gasteiger partial charge in [-0.2, -0.15) is 0 Å². The summed E-state index contributed by atoms with van der Waals surface area (Å²) in [4.78, 5) is 0. The van der Waals surface area contributed by atoms with Crippen LogP contribution < -0.4 is 5.73 Å². The summed E-state index contributed by atoms with van der Waals surface area (Å²) in [5.74, 6) is 2.53. The fraction of sp³-hybridized carbons (Fsp3) is 0.500. The van der Waals surface area contributed by atoms with Gasteiger partial charge in [-0.3, -0.25) is 0 Å². The summed E-state index contributed by atoms with van der Waals surface area (Å²) < 4.78 is 0. The van der Waals surface area contributed by atoms with Gasteiger partial charge in [0, 0.05) is 0 Å². The maximum Gasteiger partial charge on any atom is -0.00400 e. The van der Waals surface area contributed by atoms with Gasteiger partial charge in [-0.15, -0.1) is 0 Å². The monoisotopic (exact) mass is 173 g/mol. The average molecular weight is 173 g/mol. The second-order valence-electron chi connectivity index (χ2n) is 4.33. The third-order valence-electron chi connectivity index (χ3n) is 3.76. The standard InChI is InChI=1S/C12H15N/c13-7-11-10-6-5-8-3-1-2-4-9(8)12(10)11/h1-4,10-12H,5-7,13H2/t10-,11+,12-/m0/s1. The Hall–Kier alpha value is -0.820. The van der Waals surface area contributed by atoms with Crippen molar-refractivity contribution in [3.05, 3.63) is 35.4 Å². The topological polar surface area (TPSA) is 26.0 Å². The summed E-state index contributed by atoms with van der Waals surface area (Å²) in [6, 6.07) is 8.88.